The van der Waals surface area contributed by atoms with Crippen LogP contribution in [0.25, 0.3) is 0 Å². The zero-order valence-electron chi connectivity index (χ0n) is 15.5. The largest absolute Gasteiger partial charge is 0.379 e. The van der Waals surface area contributed by atoms with Gasteiger partial charge in [0.1, 0.15) is 0 Å². The van der Waals surface area contributed by atoms with Crippen LogP contribution in [0.3, 0.4) is 0 Å². The summed E-state index contributed by atoms with van der Waals surface area (Å²) in [6.45, 7) is 4.57. The molecular formula is C21H31N3O2. The van der Waals surface area contributed by atoms with Gasteiger partial charge in [0.25, 0.3) is 0 Å². The van der Waals surface area contributed by atoms with Crippen molar-refractivity contribution in [2.75, 3.05) is 31.6 Å². The highest BCUT2D eigenvalue weighted by Gasteiger charge is 2.40. The Bertz CT molecular complexity index is 598. The maximum atomic E-state index is 12.7. The minimum absolute atomic E-state index is 0.123. The van der Waals surface area contributed by atoms with E-state index in [4.69, 9.17) is 10.5 Å². The number of carbonyl (C=O) groups is 1. The van der Waals surface area contributed by atoms with Crippen LogP contribution in [0.4, 0.5) is 5.69 Å². The third kappa shape index (κ3) is 4.11. The number of nitrogens with zero attached hydrogens (tertiary/aromatic N) is 1. The molecule has 1 heterocycles. The van der Waals surface area contributed by atoms with Crippen molar-refractivity contribution in [2.24, 2.45) is 23.5 Å². The minimum Gasteiger partial charge on any atom is -0.379 e. The summed E-state index contributed by atoms with van der Waals surface area (Å²) in [4.78, 5) is 15.1. The van der Waals surface area contributed by atoms with Gasteiger partial charge in [0.15, 0.2) is 0 Å². The van der Waals surface area contributed by atoms with Gasteiger partial charge in [0.05, 0.1) is 13.2 Å². The van der Waals surface area contributed by atoms with E-state index in [0.717, 1.165) is 51.4 Å². The second-order valence-corrected chi connectivity index (χ2v) is 8.27. The van der Waals surface area contributed by atoms with E-state index >= 15 is 0 Å². The number of nitrogens with two attached hydrogens (primary N) is 1. The maximum Gasteiger partial charge on any atom is 0.227 e. The van der Waals surface area contributed by atoms with Crippen LogP contribution in [-0.4, -0.2) is 43.2 Å². The third-order valence-corrected chi connectivity index (χ3v) is 6.52. The standard InChI is InChI=1S/C21H31N3O2/c22-20-16-2-1-3-17(20)13-18(12-16)21(25)23-19-6-4-15(5-7-19)14-24-8-10-26-11-9-24/h4-7,16-18,20H,1-3,8-14,22H2,(H,23,25). The van der Waals surface area contributed by atoms with Gasteiger partial charge in [-0.3, -0.25) is 9.69 Å². The van der Waals surface area contributed by atoms with Crippen molar-refractivity contribution in [1.82, 2.24) is 4.90 Å². The Balaban J connectivity index is 1.31. The predicted octanol–water partition coefficient (Wildman–Crippen LogP) is 2.61. The highest BCUT2D eigenvalue weighted by atomic mass is 16.5. The number of ether oxygens (including phenoxy) is 1. The molecule has 0 radical (unpaired) electrons. The molecule has 3 N–H and O–H groups in total. The SMILES string of the molecule is NC1C2CCCC1CC(C(=O)Nc1ccc(CN3CCOCC3)cc1)C2. The number of morpholine rings is 1. The number of hydrogen-bond acceptors (Lipinski definition) is 4. The average molecular weight is 357 g/mol. The van der Waals surface area contributed by atoms with Crippen LogP contribution in [0.5, 0.6) is 0 Å². The van der Waals surface area contributed by atoms with Gasteiger partial charge in [-0.2, -0.15) is 0 Å². The van der Waals surface area contributed by atoms with E-state index in [0.29, 0.717) is 17.9 Å². The monoisotopic (exact) mass is 357 g/mol. The minimum atomic E-state index is 0.123. The van der Waals surface area contributed by atoms with Gasteiger partial charge in [-0.1, -0.05) is 18.6 Å². The van der Waals surface area contributed by atoms with Crippen LogP contribution in [-0.2, 0) is 16.1 Å². The Hall–Kier alpha value is -1.43. The van der Waals surface area contributed by atoms with Crippen molar-refractivity contribution in [2.45, 2.75) is 44.7 Å². The van der Waals surface area contributed by atoms with Crippen molar-refractivity contribution >= 4 is 11.6 Å². The smallest absolute Gasteiger partial charge is 0.227 e. The molecule has 2 aliphatic carbocycles. The van der Waals surface area contributed by atoms with E-state index in [1.54, 1.807) is 0 Å². The molecule has 26 heavy (non-hydrogen) atoms. The molecule has 2 saturated carbocycles. The zero-order valence-corrected chi connectivity index (χ0v) is 15.5. The van der Waals surface area contributed by atoms with Gasteiger partial charge in [-0.15, -0.1) is 0 Å². The van der Waals surface area contributed by atoms with Gasteiger partial charge >= 0.3 is 0 Å². The molecule has 142 valence electrons. The van der Waals surface area contributed by atoms with Crippen LogP contribution in [0.1, 0.15) is 37.7 Å². The Kier molecular flexibility index (Phi) is 5.57. The van der Waals surface area contributed by atoms with E-state index in [9.17, 15) is 4.79 Å². The Morgan fingerprint density at radius 2 is 1.77 bits per heavy atom. The lowest BCUT2D eigenvalue weighted by atomic mass is 9.65. The van der Waals surface area contributed by atoms with E-state index in [1.165, 1.54) is 24.8 Å². The quantitative estimate of drug-likeness (QED) is 0.869. The fraction of sp³-hybridized carbons (Fsp3) is 0.667. The van der Waals surface area contributed by atoms with Crippen LogP contribution in [0.2, 0.25) is 0 Å². The molecular weight excluding hydrogens is 326 g/mol. The molecule has 1 amide bonds. The predicted molar refractivity (Wildman–Crippen MR) is 103 cm³/mol. The number of amides is 1. The first-order valence-corrected chi connectivity index (χ1v) is 10.1. The van der Waals surface area contributed by atoms with Gasteiger partial charge in [-0.25, -0.2) is 0 Å². The maximum absolute atomic E-state index is 12.7. The van der Waals surface area contributed by atoms with Crippen LogP contribution in [0, 0.1) is 17.8 Å². The molecule has 5 nitrogen and oxygen atoms in total. The summed E-state index contributed by atoms with van der Waals surface area (Å²) in [5, 5.41) is 3.13. The highest BCUT2D eigenvalue weighted by Crippen LogP contribution is 2.42. The number of nitrogens with one attached hydrogen (secondary N) is 1. The van der Waals surface area contributed by atoms with Gasteiger partial charge in [0.2, 0.25) is 5.91 Å². The van der Waals surface area contributed by atoms with Crippen molar-refractivity contribution < 1.29 is 9.53 Å². The lowest BCUT2D eigenvalue weighted by molar-refractivity contribution is -0.122. The number of hydrogen-bond donors (Lipinski definition) is 2. The second kappa shape index (κ2) is 8.07. The summed E-state index contributed by atoms with van der Waals surface area (Å²) in [7, 11) is 0. The Morgan fingerprint density at radius 3 is 2.42 bits per heavy atom. The third-order valence-electron chi connectivity index (χ3n) is 6.52. The van der Waals surface area contributed by atoms with Crippen molar-refractivity contribution in [1.29, 1.82) is 0 Å². The van der Waals surface area contributed by atoms with Gasteiger partial charge < -0.3 is 15.8 Å². The number of carbonyl (C=O) groups excluding carboxylic acids is 1. The molecule has 3 fully saturated rings. The van der Waals surface area contributed by atoms with E-state index in [1.807, 2.05) is 12.1 Å². The Labute approximate surface area is 156 Å². The van der Waals surface area contributed by atoms with Gasteiger partial charge in [0, 0.05) is 37.3 Å². The molecule has 1 aromatic carbocycles. The van der Waals surface area contributed by atoms with Crippen molar-refractivity contribution in [3.05, 3.63) is 29.8 Å². The summed E-state index contributed by atoms with van der Waals surface area (Å²) < 4.78 is 5.39. The molecule has 3 aliphatic rings. The average Bonchev–Trinajstić information content (AvgIpc) is 2.64. The Morgan fingerprint density at radius 1 is 1.12 bits per heavy atom. The summed E-state index contributed by atoms with van der Waals surface area (Å²) in [6.07, 6.45) is 5.58. The number of rotatable bonds is 4. The van der Waals surface area contributed by atoms with E-state index in [-0.39, 0.29) is 11.8 Å². The molecule has 0 aromatic heterocycles. The lowest BCUT2D eigenvalue weighted by Gasteiger charge is -2.43. The summed E-state index contributed by atoms with van der Waals surface area (Å²) in [5.74, 6) is 1.37. The number of benzene rings is 1. The van der Waals surface area contributed by atoms with E-state index in [2.05, 4.69) is 22.3 Å². The highest BCUT2D eigenvalue weighted by molar-refractivity contribution is 5.92. The van der Waals surface area contributed by atoms with E-state index < -0.39 is 0 Å². The number of anilines is 1. The van der Waals surface area contributed by atoms with Crippen LogP contribution < -0.4 is 11.1 Å². The number of fused-ring (bicyclic) bond motifs is 2. The van der Waals surface area contributed by atoms with Crippen molar-refractivity contribution in [3.63, 3.8) is 0 Å². The molecule has 1 saturated heterocycles. The molecule has 2 bridgehead atoms. The van der Waals surface area contributed by atoms with Crippen LogP contribution in [0.15, 0.2) is 24.3 Å². The molecule has 1 aromatic rings. The normalized spacial score (nSPS) is 32.2. The summed E-state index contributed by atoms with van der Waals surface area (Å²) in [6, 6.07) is 8.62. The van der Waals surface area contributed by atoms with Crippen LogP contribution >= 0.6 is 0 Å². The topological polar surface area (TPSA) is 67.6 Å². The summed E-state index contributed by atoms with van der Waals surface area (Å²) >= 11 is 0. The first-order chi connectivity index (χ1) is 12.7. The molecule has 1 aliphatic heterocycles. The molecule has 5 heteroatoms. The first-order valence-electron chi connectivity index (χ1n) is 10.1. The molecule has 0 spiro atoms. The molecule has 2 atom stereocenters. The second-order valence-electron chi connectivity index (χ2n) is 8.27. The molecule has 2 unspecified atom stereocenters. The fourth-order valence-electron chi connectivity index (χ4n) is 4.96. The van der Waals surface area contributed by atoms with Gasteiger partial charge in [-0.05, 0) is 55.2 Å². The summed E-state index contributed by atoms with van der Waals surface area (Å²) in [5.41, 5.74) is 8.53. The first kappa shape index (κ1) is 18.0. The lowest BCUT2D eigenvalue weighted by Crippen LogP contribution is -2.48. The fourth-order valence-corrected chi connectivity index (χ4v) is 4.96. The van der Waals surface area contributed by atoms with Crippen molar-refractivity contribution in [3.8, 4) is 0 Å². The molecule has 4 rings (SSSR count). The zero-order chi connectivity index (χ0) is 17.9.